The SMILES string of the molecule is Cc1ccccc1-c1c2cc(C(C)C)cnc2cc[n+]1C.Cc1ccccc1-c1c2cc(CC(C)C)ncc2cc[n+]1C.Cc1ccccc1-c1c2cnc(C(C)C)cc2cc[n+]1C.Cc1ccccc1-c1c2cnc(CC(C)C)cc2cc[n+]1C. The Bertz CT molecular complexity index is 4360. The third kappa shape index (κ3) is 14.1. The monoisotopic (exact) mass is 1140 g/mol. The summed E-state index contributed by atoms with van der Waals surface area (Å²) in [4.78, 5) is 18.6. The molecule has 0 fully saturated rings. The molecule has 12 aromatic rings. The van der Waals surface area contributed by atoms with Crippen molar-refractivity contribution in [2.24, 2.45) is 40.0 Å². The molecule has 12 rings (SSSR count). The second-order valence-corrected chi connectivity index (χ2v) is 24.8. The summed E-state index contributed by atoms with van der Waals surface area (Å²) in [6, 6.07) is 51.7. The van der Waals surface area contributed by atoms with Gasteiger partial charge in [0.1, 0.15) is 28.2 Å². The second kappa shape index (κ2) is 27.4. The Labute approximate surface area is 511 Å². The molecule has 0 amide bonds. The average molecular weight is 1140 g/mol. The highest BCUT2D eigenvalue weighted by molar-refractivity contribution is 5.96. The Kier molecular flexibility index (Phi) is 19.7. The number of rotatable bonds is 10. The van der Waals surface area contributed by atoms with Crippen LogP contribution >= 0.6 is 0 Å². The van der Waals surface area contributed by atoms with Crippen molar-refractivity contribution in [3.63, 3.8) is 0 Å². The molecule has 4 aromatic carbocycles. The first-order valence-corrected chi connectivity index (χ1v) is 30.6. The van der Waals surface area contributed by atoms with Crippen molar-refractivity contribution in [2.75, 3.05) is 0 Å². The van der Waals surface area contributed by atoms with E-state index >= 15 is 0 Å². The highest BCUT2D eigenvalue weighted by atomic mass is 14.9. The molecule has 0 saturated heterocycles. The second-order valence-electron chi connectivity index (χ2n) is 24.8. The first-order chi connectivity index (χ1) is 41.3. The van der Waals surface area contributed by atoms with Crippen molar-refractivity contribution < 1.29 is 18.3 Å². The van der Waals surface area contributed by atoms with E-state index in [1.807, 2.05) is 24.8 Å². The molecule has 8 nitrogen and oxygen atoms in total. The summed E-state index contributed by atoms with van der Waals surface area (Å²) in [5, 5.41) is 8.65. The quantitative estimate of drug-likeness (QED) is 0.128. The number of aromatic nitrogens is 8. The van der Waals surface area contributed by atoms with Gasteiger partial charge in [-0.1, -0.05) is 128 Å². The maximum atomic E-state index is 4.69. The minimum Gasteiger partial charge on any atom is -0.261 e. The molecule has 8 heteroatoms. The van der Waals surface area contributed by atoms with Gasteiger partial charge in [-0.05, 0) is 151 Å². The zero-order chi connectivity index (χ0) is 61.3. The Hall–Kier alpha value is -8.88. The van der Waals surface area contributed by atoms with Crippen molar-refractivity contribution in [2.45, 2.75) is 108 Å². The summed E-state index contributed by atoms with van der Waals surface area (Å²) in [6.45, 7) is 26.4. The van der Waals surface area contributed by atoms with Gasteiger partial charge in [-0.15, -0.1) is 0 Å². The molecule has 0 saturated carbocycles. The molecule has 0 radical (unpaired) electrons. The molecule has 0 bridgehead atoms. The lowest BCUT2D eigenvalue weighted by Crippen LogP contribution is -2.30. The molecule has 0 spiro atoms. The minimum atomic E-state index is 0.449. The van der Waals surface area contributed by atoms with Gasteiger partial charge in [0.2, 0.25) is 22.8 Å². The third-order valence-electron chi connectivity index (χ3n) is 16.3. The van der Waals surface area contributed by atoms with Crippen LogP contribution in [0.1, 0.15) is 112 Å². The van der Waals surface area contributed by atoms with Crippen molar-refractivity contribution >= 4 is 43.2 Å². The average Bonchev–Trinajstić information content (AvgIpc) is 1.75. The highest BCUT2D eigenvalue weighted by Crippen LogP contribution is 2.33. The van der Waals surface area contributed by atoms with Crippen molar-refractivity contribution in [1.82, 2.24) is 19.9 Å². The smallest absolute Gasteiger partial charge is 0.222 e. The van der Waals surface area contributed by atoms with Gasteiger partial charge in [-0.25, -0.2) is 18.3 Å². The number of benzene rings is 4. The van der Waals surface area contributed by atoms with E-state index < -0.39 is 0 Å². The lowest BCUT2D eigenvalue weighted by atomic mass is 9.98. The maximum Gasteiger partial charge on any atom is 0.222 e. The van der Waals surface area contributed by atoms with Crippen LogP contribution < -0.4 is 18.3 Å². The lowest BCUT2D eigenvalue weighted by Gasteiger charge is -2.10. The molecular weight excluding hydrogens is 1050 g/mol. The molecule has 0 aliphatic rings. The van der Waals surface area contributed by atoms with Crippen molar-refractivity contribution in [1.29, 1.82) is 0 Å². The van der Waals surface area contributed by atoms with E-state index in [4.69, 9.17) is 4.98 Å². The standard InChI is InChI=1S/2C20H23N2.2C19H21N2/c1-14(2)11-17-12-19-16(13-21-17)9-10-22(4)20(19)18-8-6-5-7-15(18)3;1-14(2)11-17-12-16-9-10-22(4)20(19(16)13-21-17)18-8-6-5-7-15(18)3;1-13(2)15-11-17-18(20-12-15)9-10-21(4)19(17)16-8-6-5-7-14(16)3;1-13(2)18-11-15-9-10-21(4)19(17(15)12-20-18)16-8-6-5-7-14(16)3/h2*5-10,12-14H,11H2,1-4H3;2*5-13H,1-4H3/q4*+1. The number of pyridine rings is 8. The number of hydrogen-bond acceptors (Lipinski definition) is 4. The number of aryl methyl sites for hydroxylation is 8. The normalized spacial score (nSPS) is 11.3. The summed E-state index contributed by atoms with van der Waals surface area (Å²) < 4.78 is 8.77. The number of fused-ring (bicyclic) bond motifs is 4. The summed E-state index contributed by atoms with van der Waals surface area (Å²) in [5.41, 5.74) is 21.1. The van der Waals surface area contributed by atoms with Crippen LogP contribution in [0.25, 0.3) is 88.2 Å². The van der Waals surface area contributed by atoms with Gasteiger partial charge in [0, 0.05) is 93.8 Å². The van der Waals surface area contributed by atoms with Crippen molar-refractivity contribution in [3.05, 3.63) is 240 Å². The molecule has 0 aliphatic carbocycles. The molecule has 0 unspecified atom stereocenters. The van der Waals surface area contributed by atoms with Gasteiger partial charge in [-0.2, -0.15) is 0 Å². The van der Waals surface area contributed by atoms with E-state index in [1.165, 1.54) is 122 Å². The van der Waals surface area contributed by atoms with Crippen molar-refractivity contribution in [3.8, 4) is 45.0 Å². The maximum absolute atomic E-state index is 4.69. The number of hydrogen-bond donors (Lipinski definition) is 0. The highest BCUT2D eigenvalue weighted by Gasteiger charge is 2.22. The zero-order valence-corrected chi connectivity index (χ0v) is 53.8. The Morgan fingerprint density at radius 1 is 0.337 bits per heavy atom. The fourth-order valence-corrected chi connectivity index (χ4v) is 11.5. The van der Waals surface area contributed by atoms with Crippen LogP contribution in [-0.2, 0) is 41.0 Å². The third-order valence-corrected chi connectivity index (χ3v) is 16.3. The van der Waals surface area contributed by atoms with E-state index in [-0.39, 0.29) is 0 Å². The summed E-state index contributed by atoms with van der Waals surface area (Å²) in [5.74, 6) is 2.17. The van der Waals surface area contributed by atoms with Crippen LogP contribution in [0.5, 0.6) is 0 Å². The molecule has 0 aliphatic heterocycles. The lowest BCUT2D eigenvalue weighted by molar-refractivity contribution is -0.659. The molecule has 436 valence electrons. The Morgan fingerprint density at radius 2 is 0.721 bits per heavy atom. The molecular formula is C78H88N8+4. The summed E-state index contributed by atoms with van der Waals surface area (Å²) in [7, 11) is 8.41. The fraction of sp³-hybridized carbons (Fsp3) is 0.282. The molecule has 0 atom stereocenters. The Morgan fingerprint density at radius 3 is 1.16 bits per heavy atom. The van der Waals surface area contributed by atoms with Crippen LogP contribution in [0.15, 0.2) is 195 Å². The number of nitrogens with zero attached hydrogens (tertiary/aromatic N) is 8. The largest absolute Gasteiger partial charge is 0.261 e. The first kappa shape index (κ1) is 61.7. The minimum absolute atomic E-state index is 0.449. The van der Waals surface area contributed by atoms with Crippen LogP contribution in [0.4, 0.5) is 0 Å². The van der Waals surface area contributed by atoms with Gasteiger partial charge in [0.15, 0.2) is 24.8 Å². The van der Waals surface area contributed by atoms with Crippen LogP contribution in [0.3, 0.4) is 0 Å². The Balaban J connectivity index is 0.000000137. The van der Waals surface area contributed by atoms with E-state index in [9.17, 15) is 0 Å². The van der Waals surface area contributed by atoms with Crippen LogP contribution in [0.2, 0.25) is 0 Å². The predicted octanol–water partition coefficient (Wildman–Crippen LogP) is 16.8. The van der Waals surface area contributed by atoms with Crippen LogP contribution in [-0.4, -0.2) is 19.9 Å². The van der Waals surface area contributed by atoms with Crippen LogP contribution in [0, 0.1) is 39.5 Å². The van der Waals surface area contributed by atoms with E-state index in [0.29, 0.717) is 23.7 Å². The van der Waals surface area contributed by atoms with Gasteiger partial charge >= 0.3 is 0 Å². The van der Waals surface area contributed by atoms with E-state index in [2.05, 4.69) is 315 Å². The summed E-state index contributed by atoms with van der Waals surface area (Å²) >= 11 is 0. The first-order valence-electron chi connectivity index (χ1n) is 30.6. The van der Waals surface area contributed by atoms with Gasteiger partial charge < -0.3 is 0 Å². The van der Waals surface area contributed by atoms with Gasteiger partial charge in [0.05, 0.1) is 27.1 Å². The zero-order valence-electron chi connectivity index (χ0n) is 53.8. The molecule has 8 aromatic heterocycles. The molecule has 0 N–H and O–H groups in total. The predicted molar refractivity (Wildman–Crippen MR) is 358 cm³/mol. The van der Waals surface area contributed by atoms with Gasteiger partial charge in [-0.3, -0.25) is 19.9 Å². The fourth-order valence-electron chi connectivity index (χ4n) is 11.5. The molecule has 86 heavy (non-hydrogen) atoms. The topological polar surface area (TPSA) is 67.1 Å². The summed E-state index contributed by atoms with van der Waals surface area (Å²) in [6.07, 6.45) is 18.6. The van der Waals surface area contributed by atoms with Gasteiger partial charge in [0.25, 0.3) is 0 Å². The molecule has 8 heterocycles. The van der Waals surface area contributed by atoms with E-state index in [0.717, 1.165) is 24.1 Å². The van der Waals surface area contributed by atoms with E-state index in [1.54, 1.807) is 0 Å².